The summed E-state index contributed by atoms with van der Waals surface area (Å²) in [6.45, 7) is 13.3. The Balaban J connectivity index is 0.00000300. The second kappa shape index (κ2) is 12.6. The normalized spacial score (nSPS) is 23.0. The molecule has 2 aliphatic rings. The maximum Gasteiger partial charge on any atom is 0.191 e. The van der Waals surface area contributed by atoms with Crippen molar-refractivity contribution in [3.8, 4) is 0 Å². The van der Waals surface area contributed by atoms with Crippen molar-refractivity contribution in [2.24, 2.45) is 4.99 Å². The molecule has 7 heteroatoms. The first kappa shape index (κ1) is 24.2. The highest BCUT2D eigenvalue weighted by Crippen LogP contribution is 2.25. The largest absolute Gasteiger partial charge is 0.373 e. The summed E-state index contributed by atoms with van der Waals surface area (Å²) in [6, 6.07) is 10.7. The number of hydrogen-bond donors (Lipinski definition) is 2. The summed E-state index contributed by atoms with van der Waals surface area (Å²) in [6.07, 6.45) is 3.38. The fourth-order valence-electron chi connectivity index (χ4n) is 3.93. The Labute approximate surface area is 193 Å². The quantitative estimate of drug-likeness (QED) is 0.242. The maximum atomic E-state index is 5.84. The van der Waals surface area contributed by atoms with Crippen LogP contribution in [-0.4, -0.2) is 75.4 Å². The summed E-state index contributed by atoms with van der Waals surface area (Å²) in [5.74, 6) is 0.910. The van der Waals surface area contributed by atoms with Crippen LogP contribution in [0.2, 0.25) is 0 Å². The number of halogens is 1. The number of para-hydroxylation sites is 1. The lowest BCUT2D eigenvalue weighted by atomic mass is 10.0. The zero-order valence-corrected chi connectivity index (χ0v) is 20.4. The second-order valence-corrected chi connectivity index (χ2v) is 8.04. The maximum absolute atomic E-state index is 5.84. The molecule has 0 aliphatic carbocycles. The van der Waals surface area contributed by atoms with E-state index in [-0.39, 0.29) is 29.6 Å². The van der Waals surface area contributed by atoms with Crippen molar-refractivity contribution in [2.75, 3.05) is 63.9 Å². The lowest BCUT2D eigenvalue weighted by molar-refractivity contribution is 0.0283. The van der Waals surface area contributed by atoms with Crippen molar-refractivity contribution in [2.45, 2.75) is 38.7 Å². The molecule has 1 atom stereocenters. The van der Waals surface area contributed by atoms with Gasteiger partial charge in [0.2, 0.25) is 0 Å². The molecular formula is C22H38IN5O. The number of ether oxygens (including phenoxy) is 1. The SMILES string of the molecule is CCNC(=NCC1(C)CCCO1)NCCCN1CCN(c2ccccc2)CC1.I. The average Bonchev–Trinajstić information content (AvgIpc) is 3.17. The molecule has 29 heavy (non-hydrogen) atoms. The highest BCUT2D eigenvalue weighted by Gasteiger charge is 2.29. The van der Waals surface area contributed by atoms with Crippen molar-refractivity contribution in [3.63, 3.8) is 0 Å². The molecule has 1 unspecified atom stereocenters. The van der Waals surface area contributed by atoms with Gasteiger partial charge in [-0.05, 0) is 51.8 Å². The molecule has 0 saturated carbocycles. The highest BCUT2D eigenvalue weighted by molar-refractivity contribution is 14.0. The standard InChI is InChI=1S/C22H37N5O.HI/c1-3-23-21(25-19-22(2)11-7-18-28-22)24-12-8-13-26-14-16-27(17-15-26)20-9-5-4-6-10-20;/h4-6,9-10H,3,7-8,11-19H2,1-2H3,(H2,23,24,25);1H. The molecule has 2 aliphatic heterocycles. The van der Waals surface area contributed by atoms with E-state index in [1.807, 2.05) is 0 Å². The summed E-state index contributed by atoms with van der Waals surface area (Å²) in [7, 11) is 0. The third-order valence-electron chi connectivity index (χ3n) is 5.65. The predicted molar refractivity (Wildman–Crippen MR) is 133 cm³/mol. The average molecular weight is 515 g/mol. The van der Waals surface area contributed by atoms with Crippen molar-refractivity contribution in [1.29, 1.82) is 0 Å². The summed E-state index contributed by atoms with van der Waals surface area (Å²) >= 11 is 0. The summed E-state index contributed by atoms with van der Waals surface area (Å²) in [4.78, 5) is 9.79. The van der Waals surface area contributed by atoms with Crippen LogP contribution in [0, 0.1) is 0 Å². The van der Waals surface area contributed by atoms with Crippen LogP contribution in [0.1, 0.15) is 33.1 Å². The second-order valence-electron chi connectivity index (χ2n) is 8.04. The van der Waals surface area contributed by atoms with Gasteiger partial charge < -0.3 is 20.3 Å². The number of piperazine rings is 1. The fraction of sp³-hybridized carbons (Fsp3) is 0.682. The highest BCUT2D eigenvalue weighted by atomic mass is 127. The molecule has 2 heterocycles. The lowest BCUT2D eigenvalue weighted by Crippen LogP contribution is -2.47. The van der Waals surface area contributed by atoms with E-state index in [9.17, 15) is 0 Å². The number of nitrogens with one attached hydrogen (secondary N) is 2. The van der Waals surface area contributed by atoms with Gasteiger partial charge in [0, 0.05) is 51.6 Å². The molecule has 0 bridgehead atoms. The number of aliphatic imine (C=N–C) groups is 1. The lowest BCUT2D eigenvalue weighted by Gasteiger charge is -2.36. The first-order chi connectivity index (χ1) is 13.7. The number of anilines is 1. The van der Waals surface area contributed by atoms with Crippen molar-refractivity contribution in [1.82, 2.24) is 15.5 Å². The Hall–Kier alpha value is -1.06. The van der Waals surface area contributed by atoms with E-state index in [1.54, 1.807) is 0 Å². The van der Waals surface area contributed by atoms with Crippen LogP contribution in [0.15, 0.2) is 35.3 Å². The Morgan fingerprint density at radius 3 is 2.55 bits per heavy atom. The van der Waals surface area contributed by atoms with Gasteiger partial charge in [-0.3, -0.25) is 9.89 Å². The van der Waals surface area contributed by atoms with Crippen LogP contribution in [0.5, 0.6) is 0 Å². The molecule has 164 valence electrons. The fourth-order valence-corrected chi connectivity index (χ4v) is 3.93. The van der Waals surface area contributed by atoms with E-state index in [1.165, 1.54) is 5.69 Å². The van der Waals surface area contributed by atoms with E-state index in [2.05, 4.69) is 64.6 Å². The van der Waals surface area contributed by atoms with E-state index in [0.29, 0.717) is 0 Å². The number of hydrogen-bond acceptors (Lipinski definition) is 4. The first-order valence-corrected chi connectivity index (χ1v) is 10.9. The molecule has 2 fully saturated rings. The minimum atomic E-state index is -0.0826. The molecule has 0 spiro atoms. The van der Waals surface area contributed by atoms with Crippen molar-refractivity contribution < 1.29 is 4.74 Å². The Morgan fingerprint density at radius 1 is 1.14 bits per heavy atom. The Kier molecular flexibility index (Phi) is 10.5. The van der Waals surface area contributed by atoms with Gasteiger partial charge in [-0.2, -0.15) is 0 Å². The van der Waals surface area contributed by atoms with Gasteiger partial charge >= 0.3 is 0 Å². The number of guanidine groups is 1. The van der Waals surface area contributed by atoms with Gasteiger partial charge in [-0.15, -0.1) is 24.0 Å². The van der Waals surface area contributed by atoms with E-state index >= 15 is 0 Å². The van der Waals surface area contributed by atoms with Crippen LogP contribution in [0.25, 0.3) is 0 Å². The molecule has 2 saturated heterocycles. The van der Waals surface area contributed by atoms with Gasteiger partial charge in [0.15, 0.2) is 5.96 Å². The smallest absolute Gasteiger partial charge is 0.191 e. The van der Waals surface area contributed by atoms with E-state index < -0.39 is 0 Å². The molecule has 0 amide bonds. The van der Waals surface area contributed by atoms with Gasteiger partial charge in [0.05, 0.1) is 12.1 Å². The van der Waals surface area contributed by atoms with Crippen molar-refractivity contribution in [3.05, 3.63) is 30.3 Å². The molecule has 6 nitrogen and oxygen atoms in total. The first-order valence-electron chi connectivity index (χ1n) is 10.9. The molecule has 2 N–H and O–H groups in total. The zero-order valence-electron chi connectivity index (χ0n) is 18.0. The van der Waals surface area contributed by atoms with Gasteiger partial charge in [0.25, 0.3) is 0 Å². The van der Waals surface area contributed by atoms with Crippen LogP contribution in [0.4, 0.5) is 5.69 Å². The molecule has 1 aromatic carbocycles. The molecule has 1 aromatic rings. The third kappa shape index (κ3) is 7.94. The summed E-state index contributed by atoms with van der Waals surface area (Å²) < 4.78 is 5.84. The molecule has 0 aromatic heterocycles. The van der Waals surface area contributed by atoms with Crippen LogP contribution < -0.4 is 15.5 Å². The van der Waals surface area contributed by atoms with Gasteiger partial charge in [-0.1, -0.05) is 18.2 Å². The van der Waals surface area contributed by atoms with Crippen LogP contribution in [-0.2, 0) is 4.74 Å². The number of rotatable bonds is 8. The summed E-state index contributed by atoms with van der Waals surface area (Å²) in [5, 5.41) is 6.83. The number of nitrogens with zero attached hydrogens (tertiary/aromatic N) is 3. The zero-order chi connectivity index (χ0) is 19.7. The Bertz CT molecular complexity index is 598. The minimum absolute atomic E-state index is 0. The summed E-state index contributed by atoms with van der Waals surface area (Å²) in [5.41, 5.74) is 1.26. The topological polar surface area (TPSA) is 52.1 Å². The monoisotopic (exact) mass is 515 g/mol. The Morgan fingerprint density at radius 2 is 1.90 bits per heavy atom. The molecule has 0 radical (unpaired) electrons. The molecular weight excluding hydrogens is 477 g/mol. The minimum Gasteiger partial charge on any atom is -0.373 e. The van der Waals surface area contributed by atoms with Crippen LogP contribution >= 0.6 is 24.0 Å². The predicted octanol–water partition coefficient (Wildman–Crippen LogP) is 2.94. The van der Waals surface area contributed by atoms with Crippen molar-refractivity contribution >= 4 is 35.6 Å². The van der Waals surface area contributed by atoms with Gasteiger partial charge in [-0.25, -0.2) is 0 Å². The van der Waals surface area contributed by atoms with Crippen LogP contribution in [0.3, 0.4) is 0 Å². The number of benzene rings is 1. The van der Waals surface area contributed by atoms with E-state index in [0.717, 1.165) is 84.2 Å². The van der Waals surface area contributed by atoms with E-state index in [4.69, 9.17) is 9.73 Å². The third-order valence-corrected chi connectivity index (χ3v) is 5.65. The molecule has 3 rings (SSSR count). The van der Waals surface area contributed by atoms with Gasteiger partial charge in [0.1, 0.15) is 0 Å².